The van der Waals surface area contributed by atoms with Gasteiger partial charge in [0.05, 0.1) is 12.8 Å². The van der Waals surface area contributed by atoms with Crippen molar-refractivity contribution in [1.29, 1.82) is 0 Å². The molecule has 0 aliphatic carbocycles. The van der Waals surface area contributed by atoms with Crippen LogP contribution in [0.15, 0.2) is 42.9 Å². The van der Waals surface area contributed by atoms with Crippen LogP contribution in [0.4, 0.5) is 0 Å². The van der Waals surface area contributed by atoms with Crippen LogP contribution in [0.25, 0.3) is 0 Å². The zero-order valence-corrected chi connectivity index (χ0v) is 8.00. The number of aliphatic hydroxyl groups excluding tert-OH is 1. The van der Waals surface area contributed by atoms with Gasteiger partial charge in [0.1, 0.15) is 5.75 Å². The molecular weight excluding hydrogens is 192 g/mol. The van der Waals surface area contributed by atoms with Gasteiger partial charge in [-0.2, -0.15) is 0 Å². The van der Waals surface area contributed by atoms with Crippen molar-refractivity contribution >= 4 is 0 Å². The molecule has 4 heteroatoms. The Kier molecular flexibility index (Phi) is 2.90. The molecule has 0 bridgehead atoms. The second kappa shape index (κ2) is 4.52. The SMILES string of the molecule is OCc1cccnc1Oc1cccnc1. The van der Waals surface area contributed by atoms with E-state index in [0.29, 0.717) is 17.2 Å². The Balaban J connectivity index is 2.24. The molecule has 2 heterocycles. The highest BCUT2D eigenvalue weighted by Crippen LogP contribution is 2.21. The number of ether oxygens (including phenoxy) is 1. The van der Waals surface area contributed by atoms with Gasteiger partial charge in [0.15, 0.2) is 0 Å². The molecule has 0 aliphatic rings. The summed E-state index contributed by atoms with van der Waals surface area (Å²) in [5.41, 5.74) is 0.654. The topological polar surface area (TPSA) is 55.2 Å². The number of aromatic nitrogens is 2. The normalized spacial score (nSPS) is 9.93. The zero-order valence-electron chi connectivity index (χ0n) is 8.00. The van der Waals surface area contributed by atoms with E-state index in [-0.39, 0.29) is 6.61 Å². The molecular formula is C11H10N2O2. The molecule has 0 unspecified atom stereocenters. The van der Waals surface area contributed by atoms with E-state index in [0.717, 1.165) is 0 Å². The molecule has 15 heavy (non-hydrogen) atoms. The molecule has 2 rings (SSSR count). The van der Waals surface area contributed by atoms with Gasteiger partial charge in [-0.15, -0.1) is 0 Å². The van der Waals surface area contributed by atoms with Crippen LogP contribution in [0, 0.1) is 0 Å². The average molecular weight is 202 g/mol. The molecule has 0 spiro atoms. The molecule has 0 fully saturated rings. The highest BCUT2D eigenvalue weighted by Gasteiger charge is 2.04. The van der Waals surface area contributed by atoms with Crippen LogP contribution in [0.1, 0.15) is 5.56 Å². The van der Waals surface area contributed by atoms with Crippen LogP contribution in [-0.4, -0.2) is 15.1 Å². The van der Waals surface area contributed by atoms with E-state index >= 15 is 0 Å². The van der Waals surface area contributed by atoms with Crippen LogP contribution in [0.2, 0.25) is 0 Å². The summed E-state index contributed by atoms with van der Waals surface area (Å²) in [6.07, 6.45) is 4.87. The quantitative estimate of drug-likeness (QED) is 0.823. The Bertz CT molecular complexity index is 432. The van der Waals surface area contributed by atoms with E-state index in [1.165, 1.54) is 0 Å². The first-order valence-corrected chi connectivity index (χ1v) is 4.53. The Morgan fingerprint density at radius 3 is 2.80 bits per heavy atom. The van der Waals surface area contributed by atoms with Crippen molar-refractivity contribution in [2.45, 2.75) is 6.61 Å². The van der Waals surface area contributed by atoms with Crippen LogP contribution in [0.5, 0.6) is 11.6 Å². The van der Waals surface area contributed by atoms with Crippen molar-refractivity contribution < 1.29 is 9.84 Å². The Labute approximate surface area is 87.2 Å². The number of hydrogen-bond donors (Lipinski definition) is 1. The number of aliphatic hydroxyl groups is 1. The predicted octanol–water partition coefficient (Wildman–Crippen LogP) is 1.76. The van der Waals surface area contributed by atoms with Crippen LogP contribution in [-0.2, 0) is 6.61 Å². The number of hydrogen-bond acceptors (Lipinski definition) is 4. The molecule has 0 atom stereocenters. The maximum Gasteiger partial charge on any atom is 0.224 e. The summed E-state index contributed by atoms with van der Waals surface area (Å²) >= 11 is 0. The summed E-state index contributed by atoms with van der Waals surface area (Å²) in [6, 6.07) is 7.07. The van der Waals surface area contributed by atoms with Crippen molar-refractivity contribution in [1.82, 2.24) is 9.97 Å². The van der Waals surface area contributed by atoms with Gasteiger partial charge in [0.2, 0.25) is 5.88 Å². The molecule has 76 valence electrons. The molecule has 0 aliphatic heterocycles. The fourth-order valence-corrected chi connectivity index (χ4v) is 1.16. The van der Waals surface area contributed by atoms with Gasteiger partial charge in [-0.05, 0) is 24.3 Å². The fraction of sp³-hybridized carbons (Fsp3) is 0.0909. The molecule has 0 saturated carbocycles. The molecule has 1 N–H and O–H groups in total. The minimum absolute atomic E-state index is 0.0938. The van der Waals surface area contributed by atoms with E-state index in [2.05, 4.69) is 9.97 Å². The number of pyridine rings is 2. The first kappa shape index (κ1) is 9.61. The second-order valence-corrected chi connectivity index (χ2v) is 2.92. The van der Waals surface area contributed by atoms with E-state index in [4.69, 9.17) is 9.84 Å². The minimum atomic E-state index is -0.0938. The lowest BCUT2D eigenvalue weighted by atomic mass is 10.3. The standard InChI is InChI=1S/C11H10N2O2/c14-8-9-3-1-6-13-11(9)15-10-4-2-5-12-7-10/h1-7,14H,8H2. The lowest BCUT2D eigenvalue weighted by Crippen LogP contribution is -1.94. The van der Waals surface area contributed by atoms with Crippen molar-refractivity contribution in [3.05, 3.63) is 48.4 Å². The van der Waals surface area contributed by atoms with E-state index < -0.39 is 0 Å². The minimum Gasteiger partial charge on any atom is -0.437 e. The Morgan fingerprint density at radius 2 is 2.07 bits per heavy atom. The van der Waals surface area contributed by atoms with Gasteiger partial charge < -0.3 is 9.84 Å². The lowest BCUT2D eigenvalue weighted by Gasteiger charge is -2.06. The van der Waals surface area contributed by atoms with Gasteiger partial charge in [0, 0.05) is 18.0 Å². The monoisotopic (exact) mass is 202 g/mol. The molecule has 0 saturated heterocycles. The first-order valence-electron chi connectivity index (χ1n) is 4.53. The summed E-state index contributed by atoms with van der Waals surface area (Å²) < 4.78 is 5.47. The van der Waals surface area contributed by atoms with Crippen molar-refractivity contribution in [3.8, 4) is 11.6 Å². The maximum absolute atomic E-state index is 9.06. The number of rotatable bonds is 3. The first-order chi connectivity index (χ1) is 7.40. The van der Waals surface area contributed by atoms with Gasteiger partial charge in [0.25, 0.3) is 0 Å². The maximum atomic E-state index is 9.06. The van der Waals surface area contributed by atoms with Crippen molar-refractivity contribution in [2.24, 2.45) is 0 Å². The highest BCUT2D eigenvalue weighted by atomic mass is 16.5. The van der Waals surface area contributed by atoms with E-state index in [1.807, 2.05) is 0 Å². The van der Waals surface area contributed by atoms with E-state index in [1.54, 1.807) is 42.9 Å². The smallest absolute Gasteiger partial charge is 0.224 e. The molecule has 2 aromatic heterocycles. The molecule has 0 amide bonds. The summed E-state index contributed by atoms with van der Waals surface area (Å²) in [5, 5.41) is 9.06. The highest BCUT2D eigenvalue weighted by molar-refractivity contribution is 5.29. The van der Waals surface area contributed by atoms with Crippen LogP contribution >= 0.6 is 0 Å². The van der Waals surface area contributed by atoms with Gasteiger partial charge in [-0.1, -0.05) is 0 Å². The molecule has 4 nitrogen and oxygen atoms in total. The summed E-state index contributed by atoms with van der Waals surface area (Å²) in [4.78, 5) is 7.96. The average Bonchev–Trinajstić information content (AvgIpc) is 2.31. The third-order valence-corrected chi connectivity index (χ3v) is 1.87. The third-order valence-electron chi connectivity index (χ3n) is 1.87. The predicted molar refractivity (Wildman–Crippen MR) is 54.5 cm³/mol. The second-order valence-electron chi connectivity index (χ2n) is 2.92. The van der Waals surface area contributed by atoms with E-state index in [9.17, 15) is 0 Å². The largest absolute Gasteiger partial charge is 0.437 e. The zero-order chi connectivity index (χ0) is 10.5. The summed E-state index contributed by atoms with van der Waals surface area (Å²) in [5.74, 6) is 1.01. The van der Waals surface area contributed by atoms with Gasteiger partial charge in [-0.3, -0.25) is 4.98 Å². The Morgan fingerprint density at radius 1 is 1.20 bits per heavy atom. The lowest BCUT2D eigenvalue weighted by molar-refractivity contribution is 0.275. The van der Waals surface area contributed by atoms with Gasteiger partial charge >= 0.3 is 0 Å². The fourth-order valence-electron chi connectivity index (χ4n) is 1.16. The molecule has 0 radical (unpaired) electrons. The Hall–Kier alpha value is -1.94. The molecule has 0 aromatic carbocycles. The van der Waals surface area contributed by atoms with Gasteiger partial charge in [-0.25, -0.2) is 4.98 Å². The third kappa shape index (κ3) is 2.30. The molecule has 2 aromatic rings. The summed E-state index contributed by atoms with van der Waals surface area (Å²) in [7, 11) is 0. The number of nitrogens with zero attached hydrogens (tertiary/aromatic N) is 2. The van der Waals surface area contributed by atoms with Crippen LogP contribution in [0.3, 0.4) is 0 Å². The summed E-state index contributed by atoms with van der Waals surface area (Å²) in [6.45, 7) is -0.0938. The van der Waals surface area contributed by atoms with Crippen molar-refractivity contribution in [2.75, 3.05) is 0 Å². The van der Waals surface area contributed by atoms with Crippen LogP contribution < -0.4 is 4.74 Å². The van der Waals surface area contributed by atoms with Crippen molar-refractivity contribution in [3.63, 3.8) is 0 Å².